The van der Waals surface area contributed by atoms with Gasteiger partial charge in [-0.25, -0.2) is 9.78 Å². The van der Waals surface area contributed by atoms with Crippen LogP contribution in [0.1, 0.15) is 27.3 Å². The van der Waals surface area contributed by atoms with Crippen molar-refractivity contribution in [3.05, 3.63) is 92.7 Å². The zero-order chi connectivity index (χ0) is 21.3. The van der Waals surface area contributed by atoms with Crippen LogP contribution in [0.15, 0.2) is 59.7 Å². The van der Waals surface area contributed by atoms with Gasteiger partial charge in [0.05, 0.1) is 34.2 Å². The number of carboxylic acids is 1. The zero-order valence-corrected chi connectivity index (χ0v) is 16.9. The third-order valence-corrected chi connectivity index (χ3v) is 5.07. The lowest BCUT2D eigenvalue weighted by Gasteiger charge is -2.04. The first kappa shape index (κ1) is 19.9. The number of nitrogens with one attached hydrogen (secondary N) is 1. The number of H-pyrrole nitrogens is 1. The number of aromatic nitrogens is 4. The topological polar surface area (TPSA) is 101 Å². The zero-order valence-electron chi connectivity index (χ0n) is 15.3. The van der Waals surface area contributed by atoms with E-state index in [-0.39, 0.29) is 27.3 Å². The second kappa shape index (κ2) is 8.14. The number of benzene rings is 2. The van der Waals surface area contributed by atoms with Crippen molar-refractivity contribution >= 4 is 51.2 Å². The minimum atomic E-state index is -1.10. The first-order chi connectivity index (χ1) is 14.4. The van der Waals surface area contributed by atoms with Gasteiger partial charge in [-0.3, -0.25) is 9.48 Å². The number of fused-ring (bicyclic) bond motifs is 1. The maximum atomic E-state index is 12.3. The molecule has 0 aliphatic carbocycles. The van der Waals surface area contributed by atoms with Crippen LogP contribution in [0.3, 0.4) is 0 Å². The second-order valence-electron chi connectivity index (χ2n) is 6.51. The normalized spacial score (nSPS) is 11.7. The molecule has 0 saturated carbocycles. The molecule has 2 aromatic carbocycles. The van der Waals surface area contributed by atoms with Gasteiger partial charge in [-0.15, -0.1) is 0 Å². The largest absolute Gasteiger partial charge is 0.478 e. The first-order valence-electron chi connectivity index (χ1n) is 8.81. The predicted octanol–water partition coefficient (Wildman–Crippen LogP) is 4.26. The fourth-order valence-electron chi connectivity index (χ4n) is 2.94. The third-order valence-electron chi connectivity index (χ3n) is 4.42. The maximum Gasteiger partial charge on any atom is 0.335 e. The number of rotatable bonds is 5. The minimum Gasteiger partial charge on any atom is -0.478 e. The van der Waals surface area contributed by atoms with E-state index in [1.807, 2.05) is 24.3 Å². The molecule has 2 N–H and O–H groups in total. The van der Waals surface area contributed by atoms with Gasteiger partial charge in [0, 0.05) is 16.8 Å². The number of aromatic carboxylic acids is 1. The number of carbonyl (C=O) groups is 1. The van der Waals surface area contributed by atoms with E-state index < -0.39 is 11.5 Å². The second-order valence-corrected chi connectivity index (χ2v) is 7.32. The van der Waals surface area contributed by atoms with Crippen molar-refractivity contribution in [2.45, 2.75) is 6.54 Å². The molecule has 0 atom stereocenters. The van der Waals surface area contributed by atoms with Gasteiger partial charge in [-0.05, 0) is 35.9 Å². The van der Waals surface area contributed by atoms with E-state index in [9.17, 15) is 9.59 Å². The van der Waals surface area contributed by atoms with Crippen molar-refractivity contribution in [2.75, 3.05) is 0 Å². The Hall–Kier alpha value is -3.42. The Labute approximate surface area is 180 Å². The van der Waals surface area contributed by atoms with Crippen molar-refractivity contribution in [2.24, 2.45) is 0 Å². The summed E-state index contributed by atoms with van der Waals surface area (Å²) >= 11 is 12.5. The Balaban J connectivity index is 1.64. The van der Waals surface area contributed by atoms with Crippen molar-refractivity contribution in [3.63, 3.8) is 0 Å². The molecule has 2 heterocycles. The molecule has 0 bridgehead atoms. The molecule has 0 amide bonds. The van der Waals surface area contributed by atoms with Crippen molar-refractivity contribution in [1.29, 1.82) is 0 Å². The number of nitrogens with zero attached hydrogens (tertiary/aromatic N) is 3. The minimum absolute atomic E-state index is 0.0347. The van der Waals surface area contributed by atoms with Crippen LogP contribution in [0.5, 0.6) is 0 Å². The molecule has 0 aliphatic heterocycles. The van der Waals surface area contributed by atoms with E-state index in [0.29, 0.717) is 17.1 Å². The Kier molecular flexibility index (Phi) is 5.39. The summed E-state index contributed by atoms with van der Waals surface area (Å²) in [7, 11) is 0. The molecule has 0 saturated heterocycles. The third kappa shape index (κ3) is 4.12. The Morgan fingerprint density at radius 1 is 1.23 bits per heavy atom. The Morgan fingerprint density at radius 2 is 2.03 bits per heavy atom. The van der Waals surface area contributed by atoms with Gasteiger partial charge in [0.1, 0.15) is 0 Å². The Morgan fingerprint density at radius 3 is 2.80 bits per heavy atom. The predicted molar refractivity (Wildman–Crippen MR) is 116 cm³/mol. The van der Waals surface area contributed by atoms with Gasteiger partial charge in [0.25, 0.3) is 5.56 Å². The molecule has 4 rings (SSSR count). The van der Waals surface area contributed by atoms with Gasteiger partial charge >= 0.3 is 5.97 Å². The smallest absolute Gasteiger partial charge is 0.335 e. The molecule has 0 fully saturated rings. The van der Waals surface area contributed by atoms with Crippen LogP contribution in [0, 0.1) is 0 Å². The number of hydrogen-bond acceptors (Lipinski definition) is 4. The van der Waals surface area contributed by atoms with E-state index in [1.165, 1.54) is 18.2 Å². The molecule has 0 unspecified atom stereocenters. The Bertz CT molecular complexity index is 1360. The average molecular weight is 441 g/mol. The summed E-state index contributed by atoms with van der Waals surface area (Å²) in [5, 5.41) is 14.6. The highest BCUT2D eigenvalue weighted by atomic mass is 35.5. The van der Waals surface area contributed by atoms with Gasteiger partial charge in [0.2, 0.25) is 0 Å². The molecule has 9 heteroatoms. The van der Waals surface area contributed by atoms with Crippen LogP contribution in [0.2, 0.25) is 5.02 Å². The molecular weight excluding hydrogens is 427 g/mol. The summed E-state index contributed by atoms with van der Waals surface area (Å²) in [6.45, 7) is 0.494. The molecule has 7 nitrogen and oxygen atoms in total. The summed E-state index contributed by atoms with van der Waals surface area (Å²) in [6.07, 6.45) is 5.02. The number of halogens is 2. The molecule has 30 heavy (non-hydrogen) atoms. The highest BCUT2D eigenvalue weighted by molar-refractivity contribution is 6.50. The highest BCUT2D eigenvalue weighted by Gasteiger charge is 2.11. The van der Waals surface area contributed by atoms with E-state index in [1.54, 1.807) is 23.2 Å². The van der Waals surface area contributed by atoms with Crippen molar-refractivity contribution in [3.8, 4) is 0 Å². The van der Waals surface area contributed by atoms with Crippen molar-refractivity contribution in [1.82, 2.24) is 19.7 Å². The van der Waals surface area contributed by atoms with E-state index in [4.69, 9.17) is 28.3 Å². The monoisotopic (exact) mass is 440 g/mol. The molecule has 2 aromatic heterocycles. The molecule has 150 valence electrons. The van der Waals surface area contributed by atoms with Crippen LogP contribution < -0.4 is 5.56 Å². The van der Waals surface area contributed by atoms with Crippen LogP contribution in [0.4, 0.5) is 0 Å². The fourth-order valence-corrected chi connectivity index (χ4v) is 3.35. The molecule has 0 aliphatic rings. The fraction of sp³-hybridized carbons (Fsp3) is 0.0476. The summed E-state index contributed by atoms with van der Waals surface area (Å²) in [4.78, 5) is 30.4. The lowest BCUT2D eigenvalue weighted by molar-refractivity contribution is 0.0697. The quantitative estimate of drug-likeness (QED) is 0.482. The van der Waals surface area contributed by atoms with E-state index in [0.717, 1.165) is 5.56 Å². The van der Waals surface area contributed by atoms with E-state index in [2.05, 4.69) is 15.1 Å². The van der Waals surface area contributed by atoms with E-state index >= 15 is 0 Å². The SMILES string of the molecule is O=C(O)c1ccc2c(=O)[nH]c(C(Cl)=Cc3cnn(Cc4ccccc4Cl)c3)nc2c1. The standard InChI is InChI=1S/C21H14Cl2N4O3/c22-16-4-2-1-3-14(16)11-27-10-12(9-24-27)7-17(23)19-25-18-8-13(21(29)30)5-6-15(18)20(28)26-19/h1-10H,11H2,(H,29,30)(H,25,26,28). The number of aromatic amines is 1. The molecule has 4 aromatic rings. The van der Waals surface area contributed by atoms with Crippen LogP contribution in [-0.2, 0) is 6.54 Å². The first-order valence-corrected chi connectivity index (χ1v) is 9.57. The molecule has 0 spiro atoms. The summed E-state index contributed by atoms with van der Waals surface area (Å²) < 4.78 is 1.72. The number of hydrogen-bond donors (Lipinski definition) is 2. The van der Waals surface area contributed by atoms with Gasteiger partial charge < -0.3 is 10.1 Å². The number of carboxylic acid groups (broad SMARTS) is 1. The average Bonchev–Trinajstić information content (AvgIpc) is 3.16. The molecular formula is C21H14Cl2N4O3. The van der Waals surface area contributed by atoms with Gasteiger partial charge in [-0.2, -0.15) is 5.10 Å². The van der Waals surface area contributed by atoms with Gasteiger partial charge in [0.15, 0.2) is 5.82 Å². The maximum absolute atomic E-state index is 12.3. The van der Waals surface area contributed by atoms with Crippen LogP contribution >= 0.6 is 23.2 Å². The summed E-state index contributed by atoms with van der Waals surface area (Å²) in [6, 6.07) is 11.6. The lowest BCUT2D eigenvalue weighted by Crippen LogP contribution is -2.11. The summed E-state index contributed by atoms with van der Waals surface area (Å²) in [5.74, 6) is -0.969. The van der Waals surface area contributed by atoms with Crippen LogP contribution in [-0.4, -0.2) is 30.8 Å². The van der Waals surface area contributed by atoms with Crippen LogP contribution in [0.25, 0.3) is 22.0 Å². The summed E-state index contributed by atoms with van der Waals surface area (Å²) in [5.41, 5.74) is 1.50. The highest BCUT2D eigenvalue weighted by Crippen LogP contribution is 2.21. The van der Waals surface area contributed by atoms with Crippen molar-refractivity contribution < 1.29 is 9.90 Å². The molecule has 0 radical (unpaired) electrons. The van der Waals surface area contributed by atoms with Gasteiger partial charge in [-0.1, -0.05) is 41.4 Å². The lowest BCUT2D eigenvalue weighted by atomic mass is 10.1.